The van der Waals surface area contributed by atoms with E-state index in [0.717, 1.165) is 0 Å². The van der Waals surface area contributed by atoms with Gasteiger partial charge in [0.2, 0.25) is 5.54 Å². The van der Waals surface area contributed by atoms with Crippen LogP contribution < -0.4 is 15.5 Å². The van der Waals surface area contributed by atoms with Gasteiger partial charge in [0.1, 0.15) is 0 Å². The van der Waals surface area contributed by atoms with Crippen LogP contribution >= 0.6 is 0 Å². The summed E-state index contributed by atoms with van der Waals surface area (Å²) in [6, 6.07) is 6.35. The summed E-state index contributed by atoms with van der Waals surface area (Å²) in [6.07, 6.45) is 0. The number of amides is 4. The number of urea groups is 1. The highest BCUT2D eigenvalue weighted by molar-refractivity contribution is 6.27. The van der Waals surface area contributed by atoms with Crippen LogP contribution in [-0.2, 0) is 15.1 Å². The van der Waals surface area contributed by atoms with E-state index >= 15 is 0 Å². The SMILES string of the molecule is CCN1C(=O)C2(NC(=O)NC2=O)c2ccccc21. The summed E-state index contributed by atoms with van der Waals surface area (Å²) < 4.78 is 0. The van der Waals surface area contributed by atoms with E-state index in [2.05, 4.69) is 10.6 Å². The van der Waals surface area contributed by atoms with Crippen molar-refractivity contribution in [2.24, 2.45) is 0 Å². The molecule has 4 amide bonds. The molecular weight excluding hydrogens is 234 g/mol. The number of carbonyl (C=O) groups is 3. The van der Waals surface area contributed by atoms with Gasteiger partial charge in [-0.1, -0.05) is 18.2 Å². The molecule has 6 nitrogen and oxygen atoms in total. The quantitative estimate of drug-likeness (QED) is 0.543. The smallest absolute Gasteiger partial charge is 0.312 e. The largest absolute Gasteiger partial charge is 0.323 e. The van der Waals surface area contributed by atoms with Crippen LogP contribution in [-0.4, -0.2) is 24.4 Å². The number of fused-ring (bicyclic) bond motifs is 2. The fourth-order valence-corrected chi connectivity index (χ4v) is 2.56. The molecule has 1 aromatic rings. The molecule has 92 valence electrons. The predicted molar refractivity (Wildman–Crippen MR) is 62.8 cm³/mol. The predicted octanol–water partition coefficient (Wildman–Crippen LogP) is 0.0878. The first-order chi connectivity index (χ1) is 8.61. The third-order valence-corrected chi connectivity index (χ3v) is 3.35. The molecule has 1 saturated heterocycles. The van der Waals surface area contributed by atoms with Crippen molar-refractivity contribution in [3.63, 3.8) is 0 Å². The van der Waals surface area contributed by atoms with Gasteiger partial charge in [-0.2, -0.15) is 0 Å². The van der Waals surface area contributed by atoms with Crippen molar-refractivity contribution in [2.75, 3.05) is 11.4 Å². The van der Waals surface area contributed by atoms with E-state index < -0.39 is 23.4 Å². The Bertz CT molecular complexity index is 584. The second-order valence-electron chi connectivity index (χ2n) is 4.22. The van der Waals surface area contributed by atoms with E-state index in [-0.39, 0.29) is 0 Å². The molecule has 1 unspecified atom stereocenters. The summed E-state index contributed by atoms with van der Waals surface area (Å²) in [4.78, 5) is 37.3. The molecular formula is C12H11N3O3. The summed E-state index contributed by atoms with van der Waals surface area (Å²) in [5, 5.41) is 4.59. The average molecular weight is 245 g/mol. The second kappa shape index (κ2) is 3.32. The van der Waals surface area contributed by atoms with Gasteiger partial charge >= 0.3 is 6.03 Å². The molecule has 0 saturated carbocycles. The fourth-order valence-electron chi connectivity index (χ4n) is 2.56. The molecule has 2 aliphatic heterocycles. The normalized spacial score (nSPS) is 25.4. The summed E-state index contributed by atoms with van der Waals surface area (Å²) in [7, 11) is 0. The molecule has 0 bridgehead atoms. The molecule has 2 heterocycles. The lowest BCUT2D eigenvalue weighted by Gasteiger charge is -2.19. The number of nitrogens with one attached hydrogen (secondary N) is 2. The number of para-hydroxylation sites is 1. The van der Waals surface area contributed by atoms with Crippen LogP contribution in [0.2, 0.25) is 0 Å². The fraction of sp³-hybridized carbons (Fsp3) is 0.250. The molecule has 0 aliphatic carbocycles. The first-order valence-electron chi connectivity index (χ1n) is 5.66. The molecule has 2 N–H and O–H groups in total. The van der Waals surface area contributed by atoms with Crippen molar-refractivity contribution in [1.29, 1.82) is 0 Å². The van der Waals surface area contributed by atoms with E-state index in [1.807, 2.05) is 6.92 Å². The highest BCUT2D eigenvalue weighted by Crippen LogP contribution is 2.41. The number of carbonyl (C=O) groups excluding carboxylic acids is 3. The van der Waals surface area contributed by atoms with Gasteiger partial charge in [-0.05, 0) is 13.0 Å². The maximum Gasteiger partial charge on any atom is 0.323 e. The zero-order valence-corrected chi connectivity index (χ0v) is 9.69. The van der Waals surface area contributed by atoms with Gasteiger partial charge < -0.3 is 10.2 Å². The van der Waals surface area contributed by atoms with Gasteiger partial charge in [-0.3, -0.25) is 14.9 Å². The number of hydrogen-bond donors (Lipinski definition) is 2. The average Bonchev–Trinajstić information content (AvgIpc) is 2.78. The number of rotatable bonds is 1. The topological polar surface area (TPSA) is 78.5 Å². The molecule has 1 atom stereocenters. The van der Waals surface area contributed by atoms with E-state index in [1.54, 1.807) is 24.3 Å². The number of nitrogens with zero attached hydrogens (tertiary/aromatic N) is 1. The molecule has 0 aromatic heterocycles. The Morgan fingerprint density at radius 3 is 2.56 bits per heavy atom. The van der Waals surface area contributed by atoms with Crippen molar-refractivity contribution >= 4 is 23.5 Å². The zero-order valence-electron chi connectivity index (χ0n) is 9.69. The first-order valence-corrected chi connectivity index (χ1v) is 5.66. The number of likely N-dealkylation sites (N-methyl/N-ethyl adjacent to an activating group) is 1. The molecule has 1 spiro atoms. The minimum absolute atomic E-state index is 0.408. The van der Waals surface area contributed by atoms with E-state index in [4.69, 9.17) is 0 Å². The Labute approximate surface area is 103 Å². The number of benzene rings is 1. The maximum absolute atomic E-state index is 12.4. The van der Waals surface area contributed by atoms with Crippen molar-refractivity contribution < 1.29 is 14.4 Å². The van der Waals surface area contributed by atoms with Crippen molar-refractivity contribution in [1.82, 2.24) is 10.6 Å². The van der Waals surface area contributed by atoms with Gasteiger partial charge in [-0.25, -0.2) is 4.79 Å². The Morgan fingerprint density at radius 1 is 1.22 bits per heavy atom. The molecule has 0 radical (unpaired) electrons. The minimum Gasteiger partial charge on any atom is -0.312 e. The van der Waals surface area contributed by atoms with Crippen LogP contribution in [0.25, 0.3) is 0 Å². The molecule has 1 aromatic carbocycles. The Morgan fingerprint density at radius 2 is 1.94 bits per heavy atom. The third-order valence-electron chi connectivity index (χ3n) is 3.35. The van der Waals surface area contributed by atoms with Crippen molar-refractivity contribution in [3.05, 3.63) is 29.8 Å². The van der Waals surface area contributed by atoms with E-state index in [0.29, 0.717) is 17.8 Å². The highest BCUT2D eigenvalue weighted by Gasteiger charge is 2.60. The summed E-state index contributed by atoms with van der Waals surface area (Å²) in [6.45, 7) is 2.27. The van der Waals surface area contributed by atoms with Crippen LogP contribution in [0.15, 0.2) is 24.3 Å². The van der Waals surface area contributed by atoms with Crippen molar-refractivity contribution in [2.45, 2.75) is 12.5 Å². The monoisotopic (exact) mass is 245 g/mol. The summed E-state index contributed by atoms with van der Waals surface area (Å²) >= 11 is 0. The van der Waals surface area contributed by atoms with Gasteiger partial charge in [-0.15, -0.1) is 0 Å². The van der Waals surface area contributed by atoms with Gasteiger partial charge in [0.25, 0.3) is 11.8 Å². The van der Waals surface area contributed by atoms with E-state index in [9.17, 15) is 14.4 Å². The zero-order chi connectivity index (χ0) is 12.9. The van der Waals surface area contributed by atoms with Gasteiger partial charge in [0, 0.05) is 12.1 Å². The summed E-state index contributed by atoms with van der Waals surface area (Å²) in [5.41, 5.74) is -0.383. The summed E-state index contributed by atoms with van der Waals surface area (Å²) in [5.74, 6) is -1.02. The lowest BCUT2D eigenvalue weighted by molar-refractivity contribution is -0.133. The van der Waals surface area contributed by atoms with Crippen LogP contribution in [0.5, 0.6) is 0 Å². The Kier molecular flexibility index (Phi) is 1.98. The number of imide groups is 1. The number of hydrogen-bond acceptors (Lipinski definition) is 3. The minimum atomic E-state index is -1.58. The highest BCUT2D eigenvalue weighted by atomic mass is 16.2. The number of anilines is 1. The Balaban J connectivity index is 2.26. The standard InChI is InChI=1S/C12H11N3O3/c1-2-15-8-6-4-3-5-7(8)12(10(15)17)9(16)13-11(18)14-12/h3-6H,2H2,1H3,(H2,13,14,16,18). The Hall–Kier alpha value is -2.37. The van der Waals surface area contributed by atoms with Gasteiger partial charge in [0.15, 0.2) is 0 Å². The van der Waals surface area contributed by atoms with Gasteiger partial charge in [0.05, 0.1) is 5.69 Å². The van der Waals surface area contributed by atoms with Crippen LogP contribution in [0, 0.1) is 0 Å². The first kappa shape index (κ1) is 10.8. The van der Waals surface area contributed by atoms with Crippen LogP contribution in [0.1, 0.15) is 12.5 Å². The molecule has 2 aliphatic rings. The van der Waals surface area contributed by atoms with Crippen LogP contribution in [0.4, 0.5) is 10.5 Å². The molecule has 18 heavy (non-hydrogen) atoms. The molecule has 6 heteroatoms. The lowest BCUT2D eigenvalue weighted by atomic mass is 9.92. The van der Waals surface area contributed by atoms with Crippen LogP contribution in [0.3, 0.4) is 0 Å². The van der Waals surface area contributed by atoms with Crippen molar-refractivity contribution in [3.8, 4) is 0 Å². The molecule has 3 rings (SSSR count). The third kappa shape index (κ3) is 1.04. The molecule has 1 fully saturated rings. The van der Waals surface area contributed by atoms with E-state index in [1.165, 1.54) is 4.90 Å². The second-order valence-corrected chi connectivity index (χ2v) is 4.22. The maximum atomic E-state index is 12.4. The lowest BCUT2D eigenvalue weighted by Crippen LogP contribution is -2.52.